The van der Waals surface area contributed by atoms with E-state index in [1.165, 1.54) is 0 Å². The van der Waals surface area contributed by atoms with Crippen molar-refractivity contribution in [2.45, 2.75) is 25.9 Å². The Balaban J connectivity index is 1.99. The third kappa shape index (κ3) is 2.86. The Hall–Kier alpha value is -1.03. The minimum absolute atomic E-state index is 0.106. The first-order valence-electron chi connectivity index (χ1n) is 6.35. The molecule has 0 bridgehead atoms. The lowest BCUT2D eigenvalue weighted by atomic mass is 10.1. The van der Waals surface area contributed by atoms with E-state index >= 15 is 0 Å². The number of rotatable bonds is 5. The minimum Gasteiger partial charge on any atom is -0.480 e. The second-order valence-corrected chi connectivity index (χ2v) is 5.17. The Labute approximate surface area is 116 Å². The van der Waals surface area contributed by atoms with E-state index in [-0.39, 0.29) is 12.0 Å². The van der Waals surface area contributed by atoms with Crippen molar-refractivity contribution in [3.05, 3.63) is 29.8 Å². The average molecular weight is 312 g/mol. The second kappa shape index (κ2) is 6.23. The maximum atomic E-state index is 12.3. The highest BCUT2D eigenvalue weighted by Crippen LogP contribution is 2.28. The quantitative estimate of drug-likeness (QED) is 0.782. The number of ether oxygens (including phenoxy) is 1. The molecular formula is C14H18BrNO2. The number of nitrogens with zero attached hydrogens (tertiary/aromatic N) is 1. The van der Waals surface area contributed by atoms with E-state index in [2.05, 4.69) is 15.9 Å². The Morgan fingerprint density at radius 3 is 2.94 bits per heavy atom. The normalized spacial score (nSPS) is 17.1. The highest BCUT2D eigenvalue weighted by molar-refractivity contribution is 9.09. The van der Waals surface area contributed by atoms with Crippen LogP contribution in [0.25, 0.3) is 0 Å². The molecule has 18 heavy (non-hydrogen) atoms. The number of likely N-dealkylation sites (N-methyl/N-ethyl adjacent to an activating group) is 1. The molecule has 0 saturated carbocycles. The van der Waals surface area contributed by atoms with Crippen LogP contribution in [0.3, 0.4) is 0 Å². The van der Waals surface area contributed by atoms with Crippen LogP contribution in [0.5, 0.6) is 5.75 Å². The third-order valence-corrected chi connectivity index (χ3v) is 3.74. The minimum atomic E-state index is -0.335. The number of hydrogen-bond donors (Lipinski definition) is 0. The molecule has 3 nitrogen and oxygen atoms in total. The molecule has 0 spiro atoms. The number of carbonyl (C=O) groups excluding carboxylic acids is 1. The molecule has 98 valence electrons. The zero-order valence-electron chi connectivity index (χ0n) is 10.6. The molecule has 0 fully saturated rings. The van der Waals surface area contributed by atoms with Gasteiger partial charge in [0.25, 0.3) is 5.91 Å². The van der Waals surface area contributed by atoms with Gasteiger partial charge in [-0.2, -0.15) is 0 Å². The molecule has 0 saturated heterocycles. The van der Waals surface area contributed by atoms with Crippen LogP contribution in [0.1, 0.15) is 18.9 Å². The first-order valence-corrected chi connectivity index (χ1v) is 7.47. The number of alkyl halides is 1. The van der Waals surface area contributed by atoms with E-state index in [9.17, 15) is 4.79 Å². The number of hydrogen-bond acceptors (Lipinski definition) is 2. The zero-order valence-corrected chi connectivity index (χ0v) is 12.1. The molecule has 4 heteroatoms. The lowest BCUT2D eigenvalue weighted by Gasteiger charge is -2.23. The Bertz CT molecular complexity index is 397. The molecule has 1 heterocycles. The summed E-state index contributed by atoms with van der Waals surface area (Å²) in [6, 6.07) is 7.88. The fraction of sp³-hybridized carbons (Fsp3) is 0.500. The van der Waals surface area contributed by atoms with Crippen molar-refractivity contribution < 1.29 is 9.53 Å². The van der Waals surface area contributed by atoms with Gasteiger partial charge < -0.3 is 9.64 Å². The predicted octanol–water partition coefficient (Wildman–Crippen LogP) is 2.62. The summed E-state index contributed by atoms with van der Waals surface area (Å²) in [6.45, 7) is 3.53. The summed E-state index contributed by atoms with van der Waals surface area (Å²) in [7, 11) is 0. The van der Waals surface area contributed by atoms with Crippen molar-refractivity contribution in [2.24, 2.45) is 0 Å². The van der Waals surface area contributed by atoms with Crippen molar-refractivity contribution in [3.8, 4) is 5.75 Å². The Kier molecular flexibility index (Phi) is 4.64. The van der Waals surface area contributed by atoms with Gasteiger partial charge in [-0.05, 0) is 25.0 Å². The van der Waals surface area contributed by atoms with E-state index < -0.39 is 0 Å². The summed E-state index contributed by atoms with van der Waals surface area (Å²) in [4.78, 5) is 14.2. The smallest absolute Gasteiger partial charge is 0.263 e. The summed E-state index contributed by atoms with van der Waals surface area (Å²) in [6.07, 6.45) is 1.33. The van der Waals surface area contributed by atoms with Crippen LogP contribution >= 0.6 is 15.9 Å². The second-order valence-electron chi connectivity index (χ2n) is 4.38. The average Bonchev–Trinajstić information content (AvgIpc) is 2.83. The van der Waals surface area contributed by atoms with Gasteiger partial charge in [-0.15, -0.1) is 0 Å². The van der Waals surface area contributed by atoms with Gasteiger partial charge in [-0.3, -0.25) is 4.79 Å². The van der Waals surface area contributed by atoms with E-state index in [0.29, 0.717) is 6.42 Å². The molecule has 0 aliphatic carbocycles. The van der Waals surface area contributed by atoms with Crippen molar-refractivity contribution in [1.82, 2.24) is 4.90 Å². The van der Waals surface area contributed by atoms with Crippen LogP contribution in [0.2, 0.25) is 0 Å². The molecule has 0 radical (unpaired) electrons. The SMILES string of the molecule is CCN(CCCBr)C(=O)C1Cc2ccccc2O1. The van der Waals surface area contributed by atoms with Crippen LogP contribution in [0.15, 0.2) is 24.3 Å². The molecule has 0 aromatic heterocycles. The molecular weight excluding hydrogens is 294 g/mol. The summed E-state index contributed by atoms with van der Waals surface area (Å²) in [5.41, 5.74) is 1.13. The molecule has 1 aromatic rings. The number of carbonyl (C=O) groups is 1. The van der Waals surface area contributed by atoms with Gasteiger partial charge in [-0.25, -0.2) is 0 Å². The lowest BCUT2D eigenvalue weighted by molar-refractivity contribution is -0.137. The summed E-state index contributed by atoms with van der Waals surface area (Å²) >= 11 is 3.39. The van der Waals surface area contributed by atoms with Gasteiger partial charge in [-0.1, -0.05) is 34.1 Å². The van der Waals surface area contributed by atoms with Gasteiger partial charge in [0.15, 0.2) is 6.10 Å². The molecule has 1 unspecified atom stereocenters. The third-order valence-electron chi connectivity index (χ3n) is 3.18. The van der Waals surface area contributed by atoms with Crippen LogP contribution in [0, 0.1) is 0 Å². The van der Waals surface area contributed by atoms with E-state index in [0.717, 1.165) is 36.2 Å². The monoisotopic (exact) mass is 311 g/mol. The molecule has 1 aliphatic heterocycles. The summed E-state index contributed by atoms with van der Waals surface area (Å²) in [5, 5.41) is 0.919. The van der Waals surface area contributed by atoms with E-state index in [1.54, 1.807) is 0 Å². The number of para-hydroxylation sites is 1. The molecule has 0 N–H and O–H groups in total. The van der Waals surface area contributed by atoms with Crippen LogP contribution in [0.4, 0.5) is 0 Å². The number of amides is 1. The fourth-order valence-corrected chi connectivity index (χ4v) is 2.45. The van der Waals surface area contributed by atoms with Crippen LogP contribution < -0.4 is 4.74 Å². The van der Waals surface area contributed by atoms with Gasteiger partial charge in [0.2, 0.25) is 0 Å². The van der Waals surface area contributed by atoms with Gasteiger partial charge >= 0.3 is 0 Å². The number of fused-ring (bicyclic) bond motifs is 1. The molecule has 1 amide bonds. The first kappa shape index (κ1) is 13.4. The van der Waals surface area contributed by atoms with Gasteiger partial charge in [0.1, 0.15) is 5.75 Å². The van der Waals surface area contributed by atoms with Crippen LogP contribution in [-0.4, -0.2) is 35.3 Å². The first-order chi connectivity index (χ1) is 8.76. The topological polar surface area (TPSA) is 29.5 Å². The highest BCUT2D eigenvalue weighted by Gasteiger charge is 2.31. The zero-order chi connectivity index (χ0) is 13.0. The Morgan fingerprint density at radius 1 is 1.50 bits per heavy atom. The molecule has 1 atom stereocenters. The van der Waals surface area contributed by atoms with Gasteiger partial charge in [0, 0.05) is 24.8 Å². The largest absolute Gasteiger partial charge is 0.480 e. The number of benzene rings is 1. The maximum absolute atomic E-state index is 12.3. The van der Waals surface area contributed by atoms with Crippen LogP contribution in [-0.2, 0) is 11.2 Å². The molecule has 1 aromatic carbocycles. The maximum Gasteiger partial charge on any atom is 0.263 e. The molecule has 1 aliphatic rings. The predicted molar refractivity (Wildman–Crippen MR) is 75.2 cm³/mol. The van der Waals surface area contributed by atoms with E-state index in [4.69, 9.17) is 4.74 Å². The number of halogens is 1. The van der Waals surface area contributed by atoms with Crippen molar-refractivity contribution in [3.63, 3.8) is 0 Å². The van der Waals surface area contributed by atoms with E-state index in [1.807, 2.05) is 36.1 Å². The highest BCUT2D eigenvalue weighted by atomic mass is 79.9. The van der Waals surface area contributed by atoms with Gasteiger partial charge in [0.05, 0.1) is 0 Å². The fourth-order valence-electron chi connectivity index (χ4n) is 2.20. The van der Waals surface area contributed by atoms with Crippen molar-refractivity contribution >= 4 is 21.8 Å². The Morgan fingerprint density at radius 2 is 2.28 bits per heavy atom. The van der Waals surface area contributed by atoms with Crippen molar-refractivity contribution in [1.29, 1.82) is 0 Å². The standard InChI is InChI=1S/C14H18BrNO2/c1-2-16(9-5-8-15)14(17)13-10-11-6-3-4-7-12(11)18-13/h3-4,6-7,13H,2,5,8-10H2,1H3. The van der Waals surface area contributed by atoms with Crippen molar-refractivity contribution in [2.75, 3.05) is 18.4 Å². The lowest BCUT2D eigenvalue weighted by Crippen LogP contribution is -2.41. The summed E-state index contributed by atoms with van der Waals surface area (Å²) < 4.78 is 5.73. The molecule has 2 rings (SSSR count). The summed E-state index contributed by atoms with van der Waals surface area (Å²) in [5.74, 6) is 0.960.